The summed E-state index contributed by atoms with van der Waals surface area (Å²) in [6.07, 6.45) is 0.851. The number of aromatic nitrogens is 1. The molecule has 0 saturated carbocycles. The summed E-state index contributed by atoms with van der Waals surface area (Å²) in [6.45, 7) is 2.11. The summed E-state index contributed by atoms with van der Waals surface area (Å²) in [4.78, 5) is 4.57. The Labute approximate surface area is 98.7 Å². The molecule has 0 unspecified atom stereocenters. The van der Waals surface area contributed by atoms with Crippen molar-refractivity contribution in [2.45, 2.75) is 13.3 Å². The lowest BCUT2D eigenvalue weighted by Crippen LogP contribution is -1.86. The van der Waals surface area contributed by atoms with Crippen LogP contribution in [0, 0.1) is 6.92 Å². The molecule has 1 nitrogen and oxygen atoms in total. The van der Waals surface area contributed by atoms with Crippen LogP contribution in [0.1, 0.15) is 11.3 Å². The third-order valence-electron chi connectivity index (χ3n) is 2.28. The van der Waals surface area contributed by atoms with Crippen molar-refractivity contribution >= 4 is 22.9 Å². The molecule has 0 aliphatic rings. The number of halogens is 1. The van der Waals surface area contributed by atoms with Crippen molar-refractivity contribution in [3.8, 4) is 10.6 Å². The lowest BCUT2D eigenvalue weighted by atomic mass is 10.1. The topological polar surface area (TPSA) is 12.9 Å². The first-order valence-corrected chi connectivity index (χ1v) is 6.29. The van der Waals surface area contributed by atoms with Crippen LogP contribution in [0.15, 0.2) is 29.6 Å². The third-order valence-corrected chi connectivity index (χ3v) is 3.39. The average molecular weight is 238 g/mol. The van der Waals surface area contributed by atoms with Crippen molar-refractivity contribution in [3.63, 3.8) is 0 Å². The van der Waals surface area contributed by atoms with Crippen molar-refractivity contribution in [1.82, 2.24) is 4.98 Å². The Bertz CT molecular complexity index is 450. The van der Waals surface area contributed by atoms with Crippen molar-refractivity contribution < 1.29 is 0 Å². The standard InChI is InChI=1S/C12H12ClNS/c1-9-4-2-3-5-11(9)12-14-10(6-7-13)8-15-12/h2-5,8H,6-7H2,1H3. The van der Waals surface area contributed by atoms with E-state index in [0.717, 1.165) is 17.1 Å². The van der Waals surface area contributed by atoms with Gasteiger partial charge < -0.3 is 0 Å². The Morgan fingerprint density at radius 3 is 2.87 bits per heavy atom. The molecule has 0 N–H and O–H groups in total. The largest absolute Gasteiger partial charge is 0.241 e. The number of alkyl halides is 1. The molecule has 78 valence electrons. The molecule has 0 radical (unpaired) electrons. The molecule has 2 aromatic rings. The number of aryl methyl sites for hydroxylation is 2. The molecule has 3 heteroatoms. The molecule has 0 bridgehead atoms. The molecule has 15 heavy (non-hydrogen) atoms. The van der Waals surface area contributed by atoms with E-state index in [-0.39, 0.29) is 0 Å². The van der Waals surface area contributed by atoms with E-state index < -0.39 is 0 Å². The quantitative estimate of drug-likeness (QED) is 0.738. The van der Waals surface area contributed by atoms with Gasteiger partial charge in [0.2, 0.25) is 0 Å². The Morgan fingerprint density at radius 1 is 1.33 bits per heavy atom. The molecule has 0 spiro atoms. The minimum Gasteiger partial charge on any atom is -0.241 e. The van der Waals surface area contributed by atoms with Crippen LogP contribution in [0.2, 0.25) is 0 Å². The smallest absolute Gasteiger partial charge is 0.123 e. The fourth-order valence-electron chi connectivity index (χ4n) is 1.46. The van der Waals surface area contributed by atoms with Gasteiger partial charge in [0.1, 0.15) is 5.01 Å². The Hall–Kier alpha value is -0.860. The summed E-state index contributed by atoms with van der Waals surface area (Å²) < 4.78 is 0. The molecule has 0 atom stereocenters. The first-order chi connectivity index (χ1) is 7.31. The Kier molecular flexibility index (Phi) is 3.39. The van der Waals surface area contributed by atoms with E-state index in [4.69, 9.17) is 11.6 Å². The summed E-state index contributed by atoms with van der Waals surface area (Å²) in [5.74, 6) is 0.636. The highest BCUT2D eigenvalue weighted by atomic mass is 35.5. The van der Waals surface area contributed by atoms with Crippen LogP contribution in [0.5, 0.6) is 0 Å². The van der Waals surface area contributed by atoms with Crippen LogP contribution in [0.3, 0.4) is 0 Å². The van der Waals surface area contributed by atoms with Crippen LogP contribution in [-0.2, 0) is 6.42 Å². The van der Waals surface area contributed by atoms with Crippen LogP contribution >= 0.6 is 22.9 Å². The highest BCUT2D eigenvalue weighted by molar-refractivity contribution is 7.13. The second-order valence-corrected chi connectivity index (χ2v) is 4.63. The van der Waals surface area contributed by atoms with E-state index >= 15 is 0 Å². The normalized spacial score (nSPS) is 10.5. The SMILES string of the molecule is Cc1ccccc1-c1nc(CCCl)cs1. The van der Waals surface area contributed by atoms with Gasteiger partial charge in [0.05, 0.1) is 5.69 Å². The van der Waals surface area contributed by atoms with Crippen molar-refractivity contribution in [2.24, 2.45) is 0 Å². The first-order valence-electron chi connectivity index (χ1n) is 4.87. The van der Waals surface area contributed by atoms with Gasteiger partial charge in [0.25, 0.3) is 0 Å². The lowest BCUT2D eigenvalue weighted by Gasteiger charge is -2.00. The highest BCUT2D eigenvalue weighted by Crippen LogP contribution is 2.26. The van der Waals surface area contributed by atoms with Crippen molar-refractivity contribution in [2.75, 3.05) is 5.88 Å². The summed E-state index contributed by atoms with van der Waals surface area (Å²) >= 11 is 7.37. The minimum absolute atomic E-state index is 0.636. The van der Waals surface area contributed by atoms with Gasteiger partial charge in [-0.3, -0.25) is 0 Å². The molecule has 0 aliphatic heterocycles. The maximum Gasteiger partial charge on any atom is 0.123 e. The maximum atomic E-state index is 5.69. The van der Waals surface area contributed by atoms with Gasteiger partial charge in [0, 0.05) is 23.2 Å². The van der Waals surface area contributed by atoms with Gasteiger partial charge in [-0.15, -0.1) is 22.9 Å². The second kappa shape index (κ2) is 4.77. The molecule has 1 heterocycles. The predicted molar refractivity (Wildman–Crippen MR) is 66.7 cm³/mol. The first kappa shape index (κ1) is 10.7. The molecule has 0 saturated heterocycles. The summed E-state index contributed by atoms with van der Waals surface area (Å²) in [7, 11) is 0. The molecule has 1 aromatic heterocycles. The van der Waals surface area contributed by atoms with E-state index in [1.807, 2.05) is 12.1 Å². The zero-order valence-corrected chi connectivity index (χ0v) is 10.1. The fraction of sp³-hybridized carbons (Fsp3) is 0.250. The Balaban J connectivity index is 2.33. The molecule has 0 amide bonds. The van der Waals surface area contributed by atoms with Crippen molar-refractivity contribution in [1.29, 1.82) is 0 Å². The molecular formula is C12H12ClNS. The van der Waals surface area contributed by atoms with Crippen LogP contribution in [0.4, 0.5) is 0 Å². The fourth-order valence-corrected chi connectivity index (χ4v) is 2.59. The molecule has 0 aliphatic carbocycles. The van der Waals surface area contributed by atoms with E-state index in [1.165, 1.54) is 11.1 Å². The van der Waals surface area contributed by atoms with Gasteiger partial charge in [0.15, 0.2) is 0 Å². The predicted octanol–water partition coefficient (Wildman–Crippen LogP) is 3.90. The number of hydrogen-bond acceptors (Lipinski definition) is 2. The van der Waals surface area contributed by atoms with E-state index in [0.29, 0.717) is 5.88 Å². The van der Waals surface area contributed by atoms with E-state index in [1.54, 1.807) is 11.3 Å². The number of nitrogens with zero attached hydrogens (tertiary/aromatic N) is 1. The van der Waals surface area contributed by atoms with Gasteiger partial charge in [-0.25, -0.2) is 4.98 Å². The third kappa shape index (κ3) is 2.39. The van der Waals surface area contributed by atoms with E-state index in [9.17, 15) is 0 Å². The van der Waals surface area contributed by atoms with Crippen LogP contribution in [0.25, 0.3) is 10.6 Å². The summed E-state index contributed by atoms with van der Waals surface area (Å²) in [5, 5.41) is 3.18. The molecule has 0 fully saturated rings. The van der Waals surface area contributed by atoms with Gasteiger partial charge in [-0.05, 0) is 12.5 Å². The number of hydrogen-bond donors (Lipinski definition) is 0. The minimum atomic E-state index is 0.636. The zero-order valence-electron chi connectivity index (χ0n) is 8.53. The lowest BCUT2D eigenvalue weighted by molar-refractivity contribution is 1.07. The Morgan fingerprint density at radius 2 is 2.13 bits per heavy atom. The number of rotatable bonds is 3. The van der Waals surface area contributed by atoms with E-state index in [2.05, 4.69) is 29.4 Å². The average Bonchev–Trinajstić information content (AvgIpc) is 2.68. The maximum absolute atomic E-state index is 5.69. The summed E-state index contributed by atoms with van der Waals surface area (Å²) in [5.41, 5.74) is 3.58. The van der Waals surface area contributed by atoms with Crippen molar-refractivity contribution in [3.05, 3.63) is 40.9 Å². The molecule has 1 aromatic carbocycles. The van der Waals surface area contributed by atoms with Gasteiger partial charge >= 0.3 is 0 Å². The monoisotopic (exact) mass is 237 g/mol. The number of thiazole rings is 1. The zero-order chi connectivity index (χ0) is 10.7. The second-order valence-electron chi connectivity index (χ2n) is 3.40. The molecule has 2 rings (SSSR count). The van der Waals surface area contributed by atoms with Crippen LogP contribution < -0.4 is 0 Å². The molecular weight excluding hydrogens is 226 g/mol. The van der Waals surface area contributed by atoms with Crippen LogP contribution in [-0.4, -0.2) is 10.9 Å². The van der Waals surface area contributed by atoms with Gasteiger partial charge in [-0.2, -0.15) is 0 Å². The van der Waals surface area contributed by atoms with Gasteiger partial charge in [-0.1, -0.05) is 24.3 Å². The summed E-state index contributed by atoms with van der Waals surface area (Å²) in [6, 6.07) is 8.31. The highest BCUT2D eigenvalue weighted by Gasteiger charge is 2.05. The number of benzene rings is 1.